The molecule has 0 aromatic heterocycles. The minimum Gasteiger partial charge on any atom is -0.484 e. The van der Waals surface area contributed by atoms with Gasteiger partial charge in [-0.2, -0.15) is 0 Å². The number of benzene rings is 1. The summed E-state index contributed by atoms with van der Waals surface area (Å²) < 4.78 is 5.48. The molecule has 1 aromatic carbocycles. The van der Waals surface area contributed by atoms with Gasteiger partial charge in [-0.05, 0) is 37.1 Å². The SMILES string of the molecule is CCN(C)C(=O)COc1ccc(CNCC(C)C)cc1. The van der Waals surface area contributed by atoms with Crippen LogP contribution in [0.1, 0.15) is 26.3 Å². The summed E-state index contributed by atoms with van der Waals surface area (Å²) in [6, 6.07) is 7.87. The van der Waals surface area contributed by atoms with Gasteiger partial charge in [-0.15, -0.1) is 0 Å². The fourth-order valence-corrected chi connectivity index (χ4v) is 1.64. The molecule has 0 fully saturated rings. The number of carbonyl (C=O) groups is 1. The molecule has 4 nitrogen and oxygen atoms in total. The van der Waals surface area contributed by atoms with Crippen LogP contribution in [0, 0.1) is 5.92 Å². The highest BCUT2D eigenvalue weighted by Crippen LogP contribution is 2.12. The van der Waals surface area contributed by atoms with Gasteiger partial charge in [0.15, 0.2) is 6.61 Å². The van der Waals surface area contributed by atoms with Crippen molar-refractivity contribution in [3.05, 3.63) is 29.8 Å². The molecular weight excluding hydrogens is 252 g/mol. The van der Waals surface area contributed by atoms with Gasteiger partial charge in [-0.3, -0.25) is 4.79 Å². The van der Waals surface area contributed by atoms with Crippen molar-refractivity contribution in [3.8, 4) is 5.75 Å². The third-order valence-electron chi connectivity index (χ3n) is 3.07. The summed E-state index contributed by atoms with van der Waals surface area (Å²) in [5.41, 5.74) is 1.22. The van der Waals surface area contributed by atoms with E-state index < -0.39 is 0 Å². The quantitative estimate of drug-likeness (QED) is 0.793. The number of carbonyl (C=O) groups excluding carboxylic acids is 1. The zero-order valence-electron chi connectivity index (χ0n) is 13.0. The number of nitrogens with one attached hydrogen (secondary N) is 1. The standard InChI is InChI=1S/C16H26N2O2/c1-5-18(4)16(19)12-20-15-8-6-14(7-9-15)11-17-10-13(2)3/h6-9,13,17H,5,10-12H2,1-4H3. The van der Waals surface area contributed by atoms with Gasteiger partial charge in [-0.1, -0.05) is 26.0 Å². The fraction of sp³-hybridized carbons (Fsp3) is 0.562. The van der Waals surface area contributed by atoms with Crippen LogP contribution in [0.3, 0.4) is 0 Å². The molecule has 0 saturated carbocycles. The van der Waals surface area contributed by atoms with Crippen molar-refractivity contribution in [3.63, 3.8) is 0 Å². The molecule has 0 radical (unpaired) electrons. The van der Waals surface area contributed by atoms with E-state index in [0.717, 1.165) is 18.8 Å². The number of amides is 1. The van der Waals surface area contributed by atoms with E-state index in [1.807, 2.05) is 31.2 Å². The largest absolute Gasteiger partial charge is 0.484 e. The van der Waals surface area contributed by atoms with Crippen LogP contribution in [-0.4, -0.2) is 37.6 Å². The van der Waals surface area contributed by atoms with Crippen molar-refractivity contribution < 1.29 is 9.53 Å². The second kappa shape index (κ2) is 8.59. The molecule has 112 valence electrons. The van der Waals surface area contributed by atoms with E-state index in [9.17, 15) is 4.79 Å². The van der Waals surface area contributed by atoms with Crippen molar-refractivity contribution >= 4 is 5.91 Å². The van der Waals surface area contributed by atoms with Crippen molar-refractivity contribution in [1.82, 2.24) is 10.2 Å². The third-order valence-corrected chi connectivity index (χ3v) is 3.07. The highest BCUT2D eigenvalue weighted by Gasteiger charge is 2.07. The second-order valence-corrected chi connectivity index (χ2v) is 5.37. The van der Waals surface area contributed by atoms with Crippen LogP contribution >= 0.6 is 0 Å². The van der Waals surface area contributed by atoms with Crippen molar-refractivity contribution in [2.45, 2.75) is 27.3 Å². The molecule has 1 rings (SSSR count). The Morgan fingerprint density at radius 3 is 2.50 bits per heavy atom. The van der Waals surface area contributed by atoms with Gasteiger partial charge in [0.05, 0.1) is 0 Å². The first-order valence-corrected chi connectivity index (χ1v) is 7.19. The highest BCUT2D eigenvalue weighted by atomic mass is 16.5. The first-order valence-electron chi connectivity index (χ1n) is 7.19. The highest BCUT2D eigenvalue weighted by molar-refractivity contribution is 5.77. The van der Waals surface area contributed by atoms with Crippen LogP contribution in [0.25, 0.3) is 0 Å². The summed E-state index contributed by atoms with van der Waals surface area (Å²) >= 11 is 0. The van der Waals surface area contributed by atoms with Crippen LogP contribution in [0.5, 0.6) is 5.75 Å². The van der Waals surface area contributed by atoms with Crippen molar-refractivity contribution in [1.29, 1.82) is 0 Å². The molecular formula is C16H26N2O2. The molecule has 0 aliphatic carbocycles. The molecule has 0 bridgehead atoms. The lowest BCUT2D eigenvalue weighted by Crippen LogP contribution is -2.31. The molecule has 0 unspecified atom stereocenters. The van der Waals surface area contributed by atoms with Gasteiger partial charge in [0, 0.05) is 20.1 Å². The van der Waals surface area contributed by atoms with Crippen LogP contribution in [0.4, 0.5) is 0 Å². The van der Waals surface area contributed by atoms with E-state index in [2.05, 4.69) is 19.2 Å². The maximum Gasteiger partial charge on any atom is 0.260 e. The van der Waals surface area contributed by atoms with E-state index in [1.165, 1.54) is 5.56 Å². The predicted molar refractivity (Wildman–Crippen MR) is 81.8 cm³/mol. The average molecular weight is 278 g/mol. The molecule has 1 amide bonds. The predicted octanol–water partition coefficient (Wildman–Crippen LogP) is 2.29. The molecule has 0 saturated heterocycles. The van der Waals surface area contributed by atoms with Crippen LogP contribution in [0.15, 0.2) is 24.3 Å². The second-order valence-electron chi connectivity index (χ2n) is 5.37. The normalized spacial score (nSPS) is 10.7. The first-order chi connectivity index (χ1) is 9.52. The summed E-state index contributed by atoms with van der Waals surface area (Å²) in [5, 5.41) is 3.39. The monoisotopic (exact) mass is 278 g/mol. The van der Waals surface area contributed by atoms with E-state index in [-0.39, 0.29) is 12.5 Å². The zero-order chi connectivity index (χ0) is 15.0. The first kappa shape index (κ1) is 16.5. The Labute approximate surface area is 122 Å². The third kappa shape index (κ3) is 6.06. The lowest BCUT2D eigenvalue weighted by atomic mass is 10.2. The average Bonchev–Trinajstić information content (AvgIpc) is 2.44. The molecule has 0 aliphatic heterocycles. The summed E-state index contributed by atoms with van der Waals surface area (Å²) in [5.74, 6) is 1.38. The number of ether oxygens (including phenoxy) is 1. The maximum absolute atomic E-state index is 11.6. The van der Waals surface area contributed by atoms with Crippen LogP contribution in [0.2, 0.25) is 0 Å². The van der Waals surface area contributed by atoms with Crippen LogP contribution in [-0.2, 0) is 11.3 Å². The molecule has 1 N–H and O–H groups in total. The molecule has 1 aromatic rings. The van der Waals surface area contributed by atoms with E-state index in [4.69, 9.17) is 4.74 Å². The Balaban J connectivity index is 2.37. The van der Waals surface area contributed by atoms with Crippen molar-refractivity contribution in [2.75, 3.05) is 26.7 Å². The van der Waals surface area contributed by atoms with E-state index in [0.29, 0.717) is 12.5 Å². The zero-order valence-corrected chi connectivity index (χ0v) is 13.0. The Morgan fingerprint density at radius 1 is 1.30 bits per heavy atom. The van der Waals surface area contributed by atoms with Gasteiger partial charge in [0.25, 0.3) is 5.91 Å². The van der Waals surface area contributed by atoms with Gasteiger partial charge in [0.1, 0.15) is 5.75 Å². The molecule has 0 aliphatic rings. The number of hydrogen-bond acceptors (Lipinski definition) is 3. The fourth-order valence-electron chi connectivity index (χ4n) is 1.64. The molecule has 0 atom stereocenters. The summed E-state index contributed by atoms with van der Waals surface area (Å²) in [6.07, 6.45) is 0. The Morgan fingerprint density at radius 2 is 1.95 bits per heavy atom. The molecule has 4 heteroatoms. The Bertz CT molecular complexity index is 401. The lowest BCUT2D eigenvalue weighted by molar-refractivity contribution is -0.131. The minimum absolute atomic E-state index is 0.00447. The molecule has 20 heavy (non-hydrogen) atoms. The summed E-state index contributed by atoms with van der Waals surface area (Å²) in [4.78, 5) is 13.3. The summed E-state index contributed by atoms with van der Waals surface area (Å²) in [6.45, 7) is 8.98. The lowest BCUT2D eigenvalue weighted by Gasteiger charge is -2.15. The number of hydrogen-bond donors (Lipinski definition) is 1. The maximum atomic E-state index is 11.6. The van der Waals surface area contributed by atoms with Gasteiger partial charge in [0.2, 0.25) is 0 Å². The molecule has 0 spiro atoms. The number of likely N-dealkylation sites (N-methyl/N-ethyl adjacent to an activating group) is 1. The minimum atomic E-state index is -0.00447. The van der Waals surface area contributed by atoms with Gasteiger partial charge in [-0.25, -0.2) is 0 Å². The molecule has 0 heterocycles. The topological polar surface area (TPSA) is 41.6 Å². The summed E-state index contributed by atoms with van der Waals surface area (Å²) in [7, 11) is 1.77. The Hall–Kier alpha value is -1.55. The van der Waals surface area contributed by atoms with Crippen molar-refractivity contribution in [2.24, 2.45) is 5.92 Å². The smallest absolute Gasteiger partial charge is 0.260 e. The number of nitrogens with zero attached hydrogens (tertiary/aromatic N) is 1. The Kier molecular flexibility index (Phi) is 7.09. The number of rotatable bonds is 8. The van der Waals surface area contributed by atoms with E-state index >= 15 is 0 Å². The van der Waals surface area contributed by atoms with Gasteiger partial charge >= 0.3 is 0 Å². The van der Waals surface area contributed by atoms with Gasteiger partial charge < -0.3 is 15.0 Å². The van der Waals surface area contributed by atoms with Crippen LogP contribution < -0.4 is 10.1 Å². The van der Waals surface area contributed by atoms with E-state index in [1.54, 1.807) is 11.9 Å².